The Morgan fingerprint density at radius 1 is 0.481 bits per heavy atom. The molecule has 2 fully saturated rings. The molecule has 12 nitrogen and oxygen atoms in total. The molecule has 286 valence electrons. The maximum atomic E-state index is 13.0. The summed E-state index contributed by atoms with van der Waals surface area (Å²) in [4.78, 5) is 25.9. The molecule has 0 amide bonds. The third kappa shape index (κ3) is 8.22. The summed E-state index contributed by atoms with van der Waals surface area (Å²) in [5, 5.41) is 11.1. The highest BCUT2D eigenvalue weighted by atomic mass is 16.5. The molecule has 0 bridgehead atoms. The van der Waals surface area contributed by atoms with Crippen LogP contribution in [0.25, 0.3) is 0 Å². The monoisotopic (exact) mass is 742 g/mol. The van der Waals surface area contributed by atoms with Crippen molar-refractivity contribution >= 4 is 11.9 Å². The number of ether oxygens (including phenoxy) is 9. The largest absolute Gasteiger partial charge is 0.502 e. The number of hydrogen-bond acceptors (Lipinski definition) is 12. The summed E-state index contributed by atoms with van der Waals surface area (Å²) in [6, 6.07) is 20.3. The molecule has 2 saturated heterocycles. The van der Waals surface area contributed by atoms with Crippen LogP contribution in [0.4, 0.5) is 0 Å². The number of benzene rings is 4. The summed E-state index contributed by atoms with van der Waals surface area (Å²) in [7, 11) is 9.33. The number of phenolic OH excluding ortho intramolecular Hbond substituents is 1. The van der Waals surface area contributed by atoms with E-state index in [1.807, 2.05) is 48.5 Å². The van der Waals surface area contributed by atoms with Crippen molar-refractivity contribution in [1.82, 2.24) is 0 Å². The van der Waals surface area contributed by atoms with Crippen molar-refractivity contribution in [3.8, 4) is 51.7 Å². The van der Waals surface area contributed by atoms with E-state index in [2.05, 4.69) is 0 Å². The minimum Gasteiger partial charge on any atom is -0.502 e. The minimum atomic E-state index is -0.438. The van der Waals surface area contributed by atoms with Gasteiger partial charge >= 0.3 is 11.9 Å². The molecule has 4 aromatic rings. The third-order valence-corrected chi connectivity index (χ3v) is 10.2. The molecule has 0 aromatic heterocycles. The fourth-order valence-electron chi connectivity index (χ4n) is 7.27. The van der Waals surface area contributed by atoms with Crippen molar-refractivity contribution < 1.29 is 57.3 Å². The van der Waals surface area contributed by atoms with Crippen LogP contribution in [0, 0.1) is 23.7 Å². The van der Waals surface area contributed by atoms with Gasteiger partial charge in [0.1, 0.15) is 0 Å². The lowest BCUT2D eigenvalue weighted by Crippen LogP contribution is -2.21. The zero-order valence-electron chi connectivity index (χ0n) is 31.3. The lowest BCUT2D eigenvalue weighted by molar-refractivity contribution is -0.142. The summed E-state index contributed by atoms with van der Waals surface area (Å²) >= 11 is 0. The average molecular weight is 743 g/mol. The molecule has 12 heteroatoms. The van der Waals surface area contributed by atoms with E-state index in [9.17, 15) is 14.7 Å². The van der Waals surface area contributed by atoms with E-state index in [0.29, 0.717) is 66.8 Å². The van der Waals surface area contributed by atoms with Crippen molar-refractivity contribution in [1.29, 1.82) is 0 Å². The first-order valence-electron chi connectivity index (χ1n) is 17.7. The maximum absolute atomic E-state index is 13.0. The lowest BCUT2D eigenvalue weighted by atomic mass is 9.85. The first-order chi connectivity index (χ1) is 26.2. The van der Waals surface area contributed by atoms with E-state index in [1.165, 1.54) is 14.2 Å². The fraction of sp³-hybridized carbons (Fsp3) is 0.381. The fourth-order valence-corrected chi connectivity index (χ4v) is 7.27. The molecule has 4 aromatic carbocycles. The van der Waals surface area contributed by atoms with E-state index in [0.717, 1.165) is 22.3 Å². The van der Waals surface area contributed by atoms with Crippen LogP contribution in [-0.4, -0.2) is 72.9 Å². The number of rotatable bonds is 16. The Bertz CT molecular complexity index is 1970. The molecule has 0 unspecified atom stereocenters. The molecular weight excluding hydrogens is 696 g/mol. The molecule has 1 N–H and O–H groups in total. The van der Waals surface area contributed by atoms with Crippen LogP contribution < -0.4 is 33.2 Å². The standard InChI is InChI=1S/C42H46O12/c1-46-32-10-7-24(17-35(32)48-3)13-28-22-52-41(44)30(28)15-26-9-12-34(37(19-26)50-5)54-39-21-27(20-38(51-6)40(39)43)16-31-29(23-53-42(31)45)14-25-8-11-33(47-2)36(18-25)49-4/h7-12,17-21,28-31,43H,13-16,22-23H2,1-6H3/t28-,29-,30+,31+/m1/s1. The number of cyclic esters (lactones) is 2. The van der Waals surface area contributed by atoms with Gasteiger partial charge in [0, 0.05) is 11.8 Å². The van der Waals surface area contributed by atoms with E-state index in [-0.39, 0.29) is 53.5 Å². The average Bonchev–Trinajstić information content (AvgIpc) is 3.71. The summed E-state index contributed by atoms with van der Waals surface area (Å²) in [5.41, 5.74) is 3.58. The Morgan fingerprint density at radius 2 is 0.852 bits per heavy atom. The van der Waals surface area contributed by atoms with Gasteiger partial charge in [-0.2, -0.15) is 0 Å². The Morgan fingerprint density at radius 3 is 1.31 bits per heavy atom. The Labute approximate surface area is 314 Å². The summed E-state index contributed by atoms with van der Waals surface area (Å²) in [6.45, 7) is 0.610. The molecule has 2 heterocycles. The van der Waals surface area contributed by atoms with Crippen molar-refractivity contribution in [2.45, 2.75) is 25.7 Å². The van der Waals surface area contributed by atoms with Crippen LogP contribution in [0.15, 0.2) is 66.7 Å². The van der Waals surface area contributed by atoms with Crippen molar-refractivity contribution in [3.05, 3.63) is 89.0 Å². The smallest absolute Gasteiger partial charge is 0.309 e. The molecular formula is C42H46O12. The van der Waals surface area contributed by atoms with Crippen LogP contribution in [0.5, 0.6) is 51.7 Å². The first-order valence-corrected chi connectivity index (χ1v) is 17.7. The van der Waals surface area contributed by atoms with Gasteiger partial charge in [-0.15, -0.1) is 0 Å². The van der Waals surface area contributed by atoms with Gasteiger partial charge in [-0.1, -0.05) is 18.2 Å². The quantitative estimate of drug-likeness (QED) is 0.128. The second-order valence-electron chi connectivity index (χ2n) is 13.4. The second-order valence-corrected chi connectivity index (χ2v) is 13.4. The van der Waals surface area contributed by atoms with E-state index < -0.39 is 5.92 Å². The first kappa shape index (κ1) is 38.0. The second kappa shape index (κ2) is 16.9. The van der Waals surface area contributed by atoms with Gasteiger partial charge in [-0.05, 0) is 96.5 Å². The summed E-state index contributed by atoms with van der Waals surface area (Å²) in [6.07, 6.45) is 1.99. The predicted octanol–water partition coefficient (Wildman–Crippen LogP) is 6.38. The van der Waals surface area contributed by atoms with Crippen molar-refractivity contribution in [2.24, 2.45) is 23.7 Å². The van der Waals surface area contributed by atoms with Gasteiger partial charge in [0.15, 0.2) is 46.0 Å². The molecule has 0 spiro atoms. The lowest BCUT2D eigenvalue weighted by Gasteiger charge is -2.19. The van der Waals surface area contributed by atoms with Gasteiger partial charge < -0.3 is 47.7 Å². The minimum absolute atomic E-state index is 0.0412. The molecule has 0 aliphatic carbocycles. The number of carbonyl (C=O) groups is 2. The van der Waals surface area contributed by atoms with Gasteiger partial charge in [-0.3, -0.25) is 9.59 Å². The molecule has 0 radical (unpaired) electrons. The molecule has 6 rings (SSSR count). The number of carbonyl (C=O) groups excluding carboxylic acids is 2. The summed E-state index contributed by atoms with van der Waals surface area (Å²) in [5.74, 6) is 1.92. The number of methoxy groups -OCH3 is 6. The SMILES string of the molecule is COc1ccc(C[C@@H]2COC(=O)[C@H]2Cc2ccc(Oc3cc(C[C@@H]4C(=O)OC[C@H]4Cc4ccc(OC)c(OC)c4)cc(OC)c3O)c(OC)c2)cc1OC. The van der Waals surface area contributed by atoms with Gasteiger partial charge in [0.05, 0.1) is 67.7 Å². The zero-order chi connectivity index (χ0) is 38.4. The van der Waals surface area contributed by atoms with Crippen LogP contribution >= 0.6 is 0 Å². The highest BCUT2D eigenvalue weighted by molar-refractivity contribution is 5.76. The molecule has 4 atom stereocenters. The van der Waals surface area contributed by atoms with Gasteiger partial charge in [0.2, 0.25) is 5.75 Å². The van der Waals surface area contributed by atoms with E-state index >= 15 is 0 Å². The zero-order valence-corrected chi connectivity index (χ0v) is 31.3. The maximum Gasteiger partial charge on any atom is 0.309 e. The topological polar surface area (TPSA) is 137 Å². The third-order valence-electron chi connectivity index (χ3n) is 10.2. The Kier molecular flexibility index (Phi) is 11.9. The van der Waals surface area contributed by atoms with Crippen molar-refractivity contribution in [2.75, 3.05) is 55.9 Å². The predicted molar refractivity (Wildman–Crippen MR) is 198 cm³/mol. The van der Waals surface area contributed by atoms with Gasteiger partial charge in [0.25, 0.3) is 0 Å². The Balaban J connectivity index is 1.18. The number of aromatic hydroxyl groups is 1. The number of hydrogen-bond donors (Lipinski definition) is 1. The van der Waals surface area contributed by atoms with Crippen LogP contribution in [0.3, 0.4) is 0 Å². The molecule has 2 aliphatic heterocycles. The van der Waals surface area contributed by atoms with E-state index in [1.54, 1.807) is 46.6 Å². The van der Waals surface area contributed by atoms with Gasteiger partial charge in [-0.25, -0.2) is 0 Å². The molecule has 2 aliphatic rings. The molecule has 54 heavy (non-hydrogen) atoms. The normalized spacial score (nSPS) is 19.1. The number of phenols is 1. The Hall–Kier alpha value is -5.78. The van der Waals surface area contributed by atoms with Crippen LogP contribution in [-0.2, 0) is 44.7 Å². The van der Waals surface area contributed by atoms with Crippen LogP contribution in [0.2, 0.25) is 0 Å². The summed E-state index contributed by atoms with van der Waals surface area (Å²) < 4.78 is 50.2. The number of esters is 2. The van der Waals surface area contributed by atoms with Crippen LogP contribution in [0.1, 0.15) is 22.3 Å². The molecule has 0 saturated carbocycles. The highest BCUT2D eigenvalue weighted by Crippen LogP contribution is 2.44. The van der Waals surface area contributed by atoms with Crippen molar-refractivity contribution in [3.63, 3.8) is 0 Å². The van der Waals surface area contributed by atoms with E-state index in [4.69, 9.17) is 42.6 Å². The highest BCUT2D eigenvalue weighted by Gasteiger charge is 2.38.